The van der Waals surface area contributed by atoms with E-state index in [2.05, 4.69) is 20.9 Å². The quantitative estimate of drug-likeness (QED) is 0.727. The van der Waals surface area contributed by atoms with E-state index in [1.54, 1.807) is 32.0 Å². The highest BCUT2D eigenvalue weighted by Crippen LogP contribution is 2.22. The van der Waals surface area contributed by atoms with E-state index in [-0.39, 0.29) is 24.3 Å². The molecule has 0 atom stereocenters. The number of ether oxygens (including phenoxy) is 1. The first-order valence-electron chi connectivity index (χ1n) is 6.90. The monoisotopic (exact) mass is 318 g/mol. The minimum absolute atomic E-state index is 0.167. The van der Waals surface area contributed by atoms with Gasteiger partial charge in [0.25, 0.3) is 5.91 Å². The van der Waals surface area contributed by atoms with Crippen LogP contribution in [0.25, 0.3) is 0 Å². The van der Waals surface area contributed by atoms with Crippen molar-refractivity contribution < 1.29 is 19.1 Å². The van der Waals surface area contributed by atoms with Crippen molar-refractivity contribution in [2.75, 3.05) is 11.9 Å². The van der Waals surface area contributed by atoms with E-state index in [0.717, 1.165) is 5.56 Å². The third-order valence-corrected chi connectivity index (χ3v) is 2.77. The summed E-state index contributed by atoms with van der Waals surface area (Å²) in [5, 5.41) is 11.1. The molecule has 1 aromatic rings. The van der Waals surface area contributed by atoms with E-state index in [1.807, 2.05) is 6.92 Å². The molecule has 0 saturated carbocycles. The summed E-state index contributed by atoms with van der Waals surface area (Å²) in [6, 6.07) is 5.11. The molecule has 1 rings (SSSR count). The SMILES string of the molecule is CCOC(=O)NNC(=O)c1c(C)cc(C)cc1NC(=O)CC#N. The Hall–Kier alpha value is -3.08. The number of aryl methyl sites for hydroxylation is 2. The second-order valence-electron chi connectivity index (χ2n) is 4.69. The van der Waals surface area contributed by atoms with Gasteiger partial charge in [-0.3, -0.25) is 15.0 Å². The van der Waals surface area contributed by atoms with Crippen LogP contribution in [0.1, 0.15) is 34.8 Å². The summed E-state index contributed by atoms with van der Waals surface area (Å²) in [6.07, 6.45) is -1.12. The van der Waals surface area contributed by atoms with Crippen LogP contribution in [0.2, 0.25) is 0 Å². The summed E-state index contributed by atoms with van der Waals surface area (Å²) >= 11 is 0. The van der Waals surface area contributed by atoms with Crippen molar-refractivity contribution in [3.05, 3.63) is 28.8 Å². The zero-order valence-corrected chi connectivity index (χ0v) is 13.1. The van der Waals surface area contributed by atoms with Gasteiger partial charge in [-0.1, -0.05) is 6.07 Å². The minimum atomic E-state index is -0.791. The van der Waals surface area contributed by atoms with Crippen LogP contribution in [-0.2, 0) is 9.53 Å². The molecule has 0 bridgehead atoms. The van der Waals surface area contributed by atoms with Gasteiger partial charge in [-0.15, -0.1) is 0 Å². The number of hydrogen-bond acceptors (Lipinski definition) is 5. The first-order valence-corrected chi connectivity index (χ1v) is 6.90. The smallest absolute Gasteiger partial charge is 0.426 e. The van der Waals surface area contributed by atoms with Crippen molar-refractivity contribution in [1.29, 1.82) is 5.26 Å². The maximum absolute atomic E-state index is 12.2. The zero-order chi connectivity index (χ0) is 17.4. The molecule has 23 heavy (non-hydrogen) atoms. The lowest BCUT2D eigenvalue weighted by Gasteiger charge is -2.15. The number of anilines is 1. The third kappa shape index (κ3) is 5.32. The van der Waals surface area contributed by atoms with Gasteiger partial charge in [-0.05, 0) is 38.0 Å². The van der Waals surface area contributed by atoms with E-state index >= 15 is 0 Å². The highest BCUT2D eigenvalue weighted by Gasteiger charge is 2.17. The number of hydrazine groups is 1. The number of nitrogens with one attached hydrogen (secondary N) is 3. The molecular formula is C15H18N4O4. The van der Waals surface area contributed by atoms with Crippen LogP contribution in [-0.4, -0.2) is 24.5 Å². The lowest BCUT2D eigenvalue weighted by atomic mass is 10.0. The van der Waals surface area contributed by atoms with Gasteiger partial charge in [-0.25, -0.2) is 10.2 Å². The van der Waals surface area contributed by atoms with E-state index in [4.69, 9.17) is 5.26 Å². The first-order chi connectivity index (χ1) is 10.9. The first kappa shape index (κ1) is 18.0. The Kier molecular flexibility index (Phi) is 6.55. The summed E-state index contributed by atoms with van der Waals surface area (Å²) in [5.41, 5.74) is 6.23. The lowest BCUT2D eigenvalue weighted by Crippen LogP contribution is -2.42. The number of hydrogen-bond donors (Lipinski definition) is 3. The van der Waals surface area contributed by atoms with E-state index in [1.165, 1.54) is 0 Å². The summed E-state index contributed by atoms with van der Waals surface area (Å²) in [7, 11) is 0. The van der Waals surface area contributed by atoms with Gasteiger partial charge in [0, 0.05) is 0 Å². The number of amides is 3. The van der Waals surface area contributed by atoms with Crippen molar-refractivity contribution in [3.8, 4) is 6.07 Å². The second kappa shape index (κ2) is 8.38. The molecule has 0 aliphatic heterocycles. The summed E-state index contributed by atoms with van der Waals surface area (Å²) in [5.74, 6) is -1.13. The number of carbonyl (C=O) groups excluding carboxylic acids is 3. The molecule has 0 radical (unpaired) electrons. The van der Waals surface area contributed by atoms with E-state index in [0.29, 0.717) is 5.56 Å². The fourth-order valence-corrected chi connectivity index (χ4v) is 1.97. The standard InChI is InChI=1S/C15H18N4O4/c1-4-23-15(22)19-18-14(21)13-10(3)7-9(2)8-11(13)17-12(20)5-6-16/h7-8H,4-5H2,1-3H3,(H,17,20)(H,18,21)(H,19,22). The van der Waals surface area contributed by atoms with Gasteiger partial charge in [0.15, 0.2) is 0 Å². The topological polar surface area (TPSA) is 120 Å². The summed E-state index contributed by atoms with van der Waals surface area (Å²) in [6.45, 7) is 5.31. The van der Waals surface area contributed by atoms with Crippen LogP contribution in [0.4, 0.5) is 10.5 Å². The number of carbonyl (C=O) groups is 3. The Morgan fingerprint density at radius 2 is 1.91 bits per heavy atom. The third-order valence-electron chi connectivity index (χ3n) is 2.77. The zero-order valence-electron chi connectivity index (χ0n) is 13.1. The molecule has 8 heteroatoms. The van der Waals surface area contributed by atoms with Gasteiger partial charge in [0.2, 0.25) is 5.91 Å². The van der Waals surface area contributed by atoms with E-state index in [9.17, 15) is 14.4 Å². The Labute approximate surface area is 133 Å². The Bertz CT molecular complexity index is 664. The van der Waals surface area contributed by atoms with Crippen molar-refractivity contribution in [3.63, 3.8) is 0 Å². The molecule has 122 valence electrons. The molecule has 0 saturated heterocycles. The summed E-state index contributed by atoms with van der Waals surface area (Å²) in [4.78, 5) is 35.1. The van der Waals surface area contributed by atoms with Crippen molar-refractivity contribution in [2.24, 2.45) is 0 Å². The van der Waals surface area contributed by atoms with Gasteiger partial charge in [-0.2, -0.15) is 5.26 Å². The molecule has 0 fully saturated rings. The highest BCUT2D eigenvalue weighted by atomic mass is 16.5. The fraction of sp³-hybridized carbons (Fsp3) is 0.333. The predicted octanol–water partition coefficient (Wildman–Crippen LogP) is 1.55. The molecule has 3 N–H and O–H groups in total. The van der Waals surface area contributed by atoms with Crippen LogP contribution in [0, 0.1) is 25.2 Å². The number of nitriles is 1. The molecule has 8 nitrogen and oxygen atoms in total. The number of rotatable bonds is 4. The molecule has 0 heterocycles. The lowest BCUT2D eigenvalue weighted by molar-refractivity contribution is -0.115. The number of benzene rings is 1. The van der Waals surface area contributed by atoms with Gasteiger partial charge in [0.1, 0.15) is 6.42 Å². The molecule has 0 spiro atoms. The maximum Gasteiger partial charge on any atom is 0.426 e. The number of nitrogens with zero attached hydrogens (tertiary/aromatic N) is 1. The van der Waals surface area contributed by atoms with Gasteiger partial charge in [0.05, 0.1) is 23.9 Å². The van der Waals surface area contributed by atoms with Crippen LogP contribution in [0.15, 0.2) is 12.1 Å². The van der Waals surface area contributed by atoms with Gasteiger partial charge >= 0.3 is 6.09 Å². The normalized spacial score (nSPS) is 9.48. The van der Waals surface area contributed by atoms with Crippen LogP contribution >= 0.6 is 0 Å². The van der Waals surface area contributed by atoms with Gasteiger partial charge < -0.3 is 10.1 Å². The Morgan fingerprint density at radius 1 is 1.22 bits per heavy atom. The highest BCUT2D eigenvalue weighted by molar-refractivity contribution is 6.05. The molecule has 0 aliphatic rings. The predicted molar refractivity (Wildman–Crippen MR) is 82.4 cm³/mol. The maximum atomic E-state index is 12.2. The van der Waals surface area contributed by atoms with E-state index < -0.39 is 17.9 Å². The fourth-order valence-electron chi connectivity index (χ4n) is 1.97. The van der Waals surface area contributed by atoms with Crippen molar-refractivity contribution >= 4 is 23.6 Å². The molecule has 0 unspecified atom stereocenters. The average Bonchev–Trinajstić information content (AvgIpc) is 2.44. The average molecular weight is 318 g/mol. The van der Waals surface area contributed by atoms with Crippen molar-refractivity contribution in [2.45, 2.75) is 27.2 Å². The summed E-state index contributed by atoms with van der Waals surface area (Å²) < 4.78 is 4.63. The Balaban J connectivity index is 2.99. The Morgan fingerprint density at radius 3 is 2.52 bits per heavy atom. The molecular weight excluding hydrogens is 300 g/mol. The van der Waals surface area contributed by atoms with Crippen molar-refractivity contribution in [1.82, 2.24) is 10.9 Å². The van der Waals surface area contributed by atoms with Crippen LogP contribution < -0.4 is 16.2 Å². The second-order valence-corrected chi connectivity index (χ2v) is 4.69. The minimum Gasteiger partial charge on any atom is -0.449 e. The molecule has 1 aromatic carbocycles. The molecule has 3 amide bonds. The van der Waals surface area contributed by atoms with Crippen LogP contribution in [0.5, 0.6) is 0 Å². The molecule has 0 aliphatic carbocycles. The largest absolute Gasteiger partial charge is 0.449 e. The van der Waals surface area contributed by atoms with Crippen LogP contribution in [0.3, 0.4) is 0 Å². The molecule has 0 aromatic heterocycles.